The van der Waals surface area contributed by atoms with Crippen molar-refractivity contribution in [1.82, 2.24) is 5.43 Å². The van der Waals surface area contributed by atoms with Gasteiger partial charge in [-0.25, -0.2) is 0 Å². The number of rotatable bonds is 4. The molecular weight excluding hydrogens is 270 g/mol. The smallest absolute Gasteiger partial charge is 0.191 e. The van der Waals surface area contributed by atoms with Crippen LogP contribution in [0, 0.1) is 0 Å². The van der Waals surface area contributed by atoms with Crippen LogP contribution in [0.4, 0.5) is 5.69 Å². The minimum Gasteiger partial charge on any atom is -0.495 e. The number of nitrogens with one attached hydrogen (secondary N) is 2. The Morgan fingerprint density at radius 2 is 1.80 bits per heavy atom. The van der Waals surface area contributed by atoms with Crippen LogP contribution in [0.2, 0.25) is 0 Å². The second-order valence-corrected chi connectivity index (χ2v) is 4.34. The van der Waals surface area contributed by atoms with Gasteiger partial charge in [-0.1, -0.05) is 42.5 Å². The molecule has 4 nitrogen and oxygen atoms in total. The molecule has 0 saturated heterocycles. The monoisotopic (exact) mass is 285 g/mol. The van der Waals surface area contributed by atoms with Crippen molar-refractivity contribution in [3.63, 3.8) is 0 Å². The van der Waals surface area contributed by atoms with Crippen LogP contribution in [-0.4, -0.2) is 18.4 Å². The first-order valence-electron chi connectivity index (χ1n) is 6.08. The highest BCUT2D eigenvalue weighted by Crippen LogP contribution is 2.22. The van der Waals surface area contributed by atoms with Crippen molar-refractivity contribution in [3.8, 4) is 5.75 Å². The molecule has 0 atom stereocenters. The van der Waals surface area contributed by atoms with Gasteiger partial charge in [-0.15, -0.1) is 0 Å². The standard InChI is InChI=1S/C15H15N3OS/c1-19-14-10-6-5-9-13(14)17-15(20)18-16-11-12-7-3-2-4-8-12/h2-11H,1H3,(H2,17,18,20)/b16-11+. The maximum Gasteiger partial charge on any atom is 0.191 e. The molecule has 0 spiro atoms. The summed E-state index contributed by atoms with van der Waals surface area (Å²) in [5.74, 6) is 0.726. The van der Waals surface area contributed by atoms with Gasteiger partial charge in [-0.3, -0.25) is 5.43 Å². The van der Waals surface area contributed by atoms with Gasteiger partial charge >= 0.3 is 0 Å². The normalized spacial score (nSPS) is 10.2. The fourth-order valence-corrected chi connectivity index (χ4v) is 1.77. The van der Waals surface area contributed by atoms with E-state index in [2.05, 4.69) is 15.8 Å². The zero-order chi connectivity index (χ0) is 14.2. The van der Waals surface area contributed by atoms with Crippen molar-refractivity contribution in [2.75, 3.05) is 12.4 Å². The number of hydrogen-bond donors (Lipinski definition) is 2. The Morgan fingerprint density at radius 1 is 1.10 bits per heavy atom. The minimum atomic E-state index is 0.404. The molecule has 0 unspecified atom stereocenters. The molecule has 20 heavy (non-hydrogen) atoms. The predicted octanol–water partition coefficient (Wildman–Crippen LogP) is 3.02. The van der Waals surface area contributed by atoms with Gasteiger partial charge in [-0.2, -0.15) is 5.10 Å². The summed E-state index contributed by atoms with van der Waals surface area (Å²) in [7, 11) is 1.62. The molecule has 0 amide bonds. The number of methoxy groups -OCH3 is 1. The molecule has 2 aromatic carbocycles. The molecule has 0 saturated carbocycles. The largest absolute Gasteiger partial charge is 0.495 e. The highest BCUT2D eigenvalue weighted by Gasteiger charge is 2.02. The van der Waals surface area contributed by atoms with E-state index in [0.29, 0.717) is 5.11 Å². The van der Waals surface area contributed by atoms with E-state index in [0.717, 1.165) is 17.0 Å². The molecule has 2 rings (SSSR count). The third kappa shape index (κ3) is 4.07. The maximum atomic E-state index is 5.23. The third-order valence-corrected chi connectivity index (χ3v) is 2.73. The van der Waals surface area contributed by atoms with E-state index < -0.39 is 0 Å². The molecule has 0 radical (unpaired) electrons. The van der Waals surface area contributed by atoms with Crippen LogP contribution < -0.4 is 15.5 Å². The molecule has 102 valence electrons. The number of hydrazone groups is 1. The van der Waals surface area contributed by atoms with Gasteiger partial charge < -0.3 is 10.1 Å². The molecule has 0 fully saturated rings. The van der Waals surface area contributed by atoms with Gasteiger partial charge in [-0.05, 0) is 29.9 Å². The summed E-state index contributed by atoms with van der Waals surface area (Å²) in [5.41, 5.74) is 4.56. The molecule has 0 aliphatic heterocycles. The lowest BCUT2D eigenvalue weighted by Crippen LogP contribution is -2.24. The van der Waals surface area contributed by atoms with E-state index in [1.165, 1.54) is 0 Å². The molecule has 0 aromatic heterocycles. The van der Waals surface area contributed by atoms with E-state index in [4.69, 9.17) is 17.0 Å². The Hall–Kier alpha value is -2.40. The third-order valence-electron chi connectivity index (χ3n) is 2.53. The molecule has 2 aromatic rings. The van der Waals surface area contributed by atoms with Gasteiger partial charge in [0.25, 0.3) is 0 Å². The van der Waals surface area contributed by atoms with E-state index in [9.17, 15) is 0 Å². The second kappa shape index (κ2) is 7.25. The number of thiocarbonyl (C=S) groups is 1. The van der Waals surface area contributed by atoms with Crippen LogP contribution in [0.25, 0.3) is 0 Å². The highest BCUT2D eigenvalue weighted by atomic mass is 32.1. The summed E-state index contributed by atoms with van der Waals surface area (Å²) in [6.07, 6.45) is 1.70. The van der Waals surface area contributed by atoms with Gasteiger partial charge in [0.05, 0.1) is 19.0 Å². The van der Waals surface area contributed by atoms with Gasteiger partial charge in [0, 0.05) is 0 Å². The Balaban J connectivity index is 1.91. The fraction of sp³-hybridized carbons (Fsp3) is 0.0667. The predicted molar refractivity (Wildman–Crippen MR) is 86.4 cm³/mol. The summed E-state index contributed by atoms with van der Waals surface area (Å²) < 4.78 is 5.23. The molecular formula is C15H15N3OS. The van der Waals surface area contributed by atoms with E-state index in [-0.39, 0.29) is 0 Å². The number of nitrogens with zero attached hydrogens (tertiary/aromatic N) is 1. The Labute approximate surface area is 123 Å². The van der Waals surface area contributed by atoms with Gasteiger partial charge in [0.2, 0.25) is 0 Å². The van der Waals surface area contributed by atoms with Gasteiger partial charge in [0.15, 0.2) is 5.11 Å². The first-order valence-corrected chi connectivity index (χ1v) is 6.48. The van der Waals surface area contributed by atoms with Crippen molar-refractivity contribution in [1.29, 1.82) is 0 Å². The Morgan fingerprint density at radius 3 is 2.55 bits per heavy atom. The summed E-state index contributed by atoms with van der Waals surface area (Å²) in [6, 6.07) is 17.3. The average Bonchev–Trinajstić information content (AvgIpc) is 2.49. The second-order valence-electron chi connectivity index (χ2n) is 3.94. The summed E-state index contributed by atoms with van der Waals surface area (Å²) in [6.45, 7) is 0. The Kier molecular flexibility index (Phi) is 5.08. The highest BCUT2D eigenvalue weighted by molar-refractivity contribution is 7.80. The lowest BCUT2D eigenvalue weighted by atomic mass is 10.2. The number of para-hydroxylation sites is 2. The summed E-state index contributed by atoms with van der Waals surface area (Å²) in [5, 5.41) is 7.51. The van der Waals surface area contributed by atoms with Crippen LogP contribution >= 0.6 is 12.2 Å². The zero-order valence-corrected chi connectivity index (χ0v) is 11.9. The SMILES string of the molecule is COc1ccccc1NC(=S)N/N=C/c1ccccc1. The van der Waals surface area contributed by atoms with Crippen molar-refractivity contribution in [3.05, 3.63) is 60.2 Å². The zero-order valence-electron chi connectivity index (χ0n) is 11.0. The molecule has 5 heteroatoms. The molecule has 0 aliphatic carbocycles. The quantitative estimate of drug-likeness (QED) is 0.515. The average molecular weight is 285 g/mol. The number of anilines is 1. The maximum absolute atomic E-state index is 5.23. The van der Waals surface area contributed by atoms with E-state index in [1.807, 2.05) is 54.6 Å². The number of benzene rings is 2. The Bertz CT molecular complexity index is 599. The minimum absolute atomic E-state index is 0.404. The summed E-state index contributed by atoms with van der Waals surface area (Å²) in [4.78, 5) is 0. The van der Waals surface area contributed by atoms with Gasteiger partial charge in [0.1, 0.15) is 5.75 Å². The van der Waals surface area contributed by atoms with Crippen LogP contribution in [0.5, 0.6) is 5.75 Å². The van der Waals surface area contributed by atoms with Crippen LogP contribution in [0.3, 0.4) is 0 Å². The fourth-order valence-electron chi connectivity index (χ4n) is 1.60. The summed E-state index contributed by atoms with van der Waals surface area (Å²) >= 11 is 5.17. The first-order chi connectivity index (χ1) is 9.79. The van der Waals surface area contributed by atoms with Crippen LogP contribution in [0.15, 0.2) is 59.7 Å². The van der Waals surface area contributed by atoms with Crippen molar-refractivity contribution in [2.24, 2.45) is 5.10 Å². The van der Waals surface area contributed by atoms with Crippen LogP contribution in [0.1, 0.15) is 5.56 Å². The van der Waals surface area contributed by atoms with E-state index in [1.54, 1.807) is 13.3 Å². The van der Waals surface area contributed by atoms with Crippen molar-refractivity contribution in [2.45, 2.75) is 0 Å². The van der Waals surface area contributed by atoms with E-state index >= 15 is 0 Å². The number of hydrogen-bond acceptors (Lipinski definition) is 3. The molecule has 2 N–H and O–H groups in total. The van der Waals surface area contributed by atoms with Crippen molar-refractivity contribution >= 4 is 29.2 Å². The molecule has 0 heterocycles. The first kappa shape index (κ1) is 14.0. The molecule has 0 aliphatic rings. The topological polar surface area (TPSA) is 45.6 Å². The molecule has 0 bridgehead atoms. The lowest BCUT2D eigenvalue weighted by Gasteiger charge is -2.10. The number of ether oxygens (including phenoxy) is 1. The van der Waals surface area contributed by atoms with Crippen LogP contribution in [-0.2, 0) is 0 Å². The van der Waals surface area contributed by atoms with Crippen molar-refractivity contribution < 1.29 is 4.74 Å². The lowest BCUT2D eigenvalue weighted by molar-refractivity contribution is 0.417.